The number of benzene rings is 1. The lowest BCUT2D eigenvalue weighted by atomic mass is 10.2. The monoisotopic (exact) mass is 314 g/mol. The fourth-order valence-electron chi connectivity index (χ4n) is 1.78. The minimum absolute atomic E-state index is 0.0440. The van der Waals surface area contributed by atoms with Gasteiger partial charge < -0.3 is 5.11 Å². The van der Waals surface area contributed by atoms with Crippen molar-refractivity contribution in [2.24, 2.45) is 0 Å². The van der Waals surface area contributed by atoms with Crippen LogP contribution in [0.25, 0.3) is 0 Å². The Labute approximate surface area is 122 Å². The Morgan fingerprint density at radius 3 is 2.57 bits per heavy atom. The van der Waals surface area contributed by atoms with Crippen LogP contribution in [0.1, 0.15) is 30.6 Å². The van der Waals surface area contributed by atoms with E-state index in [0.717, 1.165) is 22.5 Å². The average Bonchev–Trinajstić information content (AvgIpc) is 2.38. The van der Waals surface area contributed by atoms with E-state index in [1.54, 1.807) is 13.8 Å². The first-order chi connectivity index (χ1) is 9.71. The van der Waals surface area contributed by atoms with E-state index in [2.05, 4.69) is 0 Å². The summed E-state index contributed by atoms with van der Waals surface area (Å²) in [7, 11) is -4.22. The van der Waals surface area contributed by atoms with Crippen molar-refractivity contribution >= 4 is 16.0 Å². The fourth-order valence-corrected chi connectivity index (χ4v) is 3.51. The molecule has 0 bridgehead atoms. The highest BCUT2D eigenvalue weighted by Crippen LogP contribution is 2.23. The van der Waals surface area contributed by atoms with Crippen molar-refractivity contribution in [3.8, 4) is 6.07 Å². The molecule has 0 radical (unpaired) electrons. The fraction of sp³-hybridized carbons (Fsp3) is 0.385. The van der Waals surface area contributed by atoms with E-state index in [0.29, 0.717) is 0 Å². The van der Waals surface area contributed by atoms with Crippen molar-refractivity contribution in [3.63, 3.8) is 0 Å². The number of aromatic carboxylic acids is 1. The van der Waals surface area contributed by atoms with Gasteiger partial charge in [0.15, 0.2) is 0 Å². The smallest absolute Gasteiger partial charge is 0.335 e. The van der Waals surface area contributed by atoms with Gasteiger partial charge >= 0.3 is 5.97 Å². The zero-order valence-corrected chi connectivity index (χ0v) is 12.4. The number of halogens is 1. The number of nitriles is 1. The highest BCUT2D eigenvalue weighted by atomic mass is 32.2. The van der Waals surface area contributed by atoms with Gasteiger partial charge in [0.2, 0.25) is 10.0 Å². The molecule has 1 aromatic carbocycles. The summed E-state index contributed by atoms with van der Waals surface area (Å²) in [6.07, 6.45) is -0.0440. The van der Waals surface area contributed by atoms with Crippen molar-refractivity contribution in [1.82, 2.24) is 4.31 Å². The normalized spacial score (nSPS) is 11.6. The van der Waals surface area contributed by atoms with Crippen molar-refractivity contribution in [3.05, 3.63) is 29.6 Å². The van der Waals surface area contributed by atoms with Crippen molar-refractivity contribution in [2.75, 3.05) is 6.54 Å². The molecule has 21 heavy (non-hydrogen) atoms. The first-order valence-electron chi connectivity index (χ1n) is 6.13. The summed E-state index contributed by atoms with van der Waals surface area (Å²) in [5.74, 6) is -2.37. The summed E-state index contributed by atoms with van der Waals surface area (Å²) < 4.78 is 39.7. The SMILES string of the molecule is CC(C)N(CCC#N)S(=O)(=O)c1cc(C(=O)O)ccc1F. The Hall–Kier alpha value is -1.98. The van der Waals surface area contributed by atoms with Crippen LogP contribution in [0.5, 0.6) is 0 Å². The summed E-state index contributed by atoms with van der Waals surface area (Å²) in [5, 5.41) is 17.5. The molecule has 0 atom stereocenters. The molecular formula is C13H15FN2O4S. The third-order valence-corrected chi connectivity index (χ3v) is 4.88. The number of carbonyl (C=O) groups is 1. The maximum atomic E-state index is 13.8. The maximum absolute atomic E-state index is 13.8. The van der Waals surface area contributed by atoms with Crippen molar-refractivity contribution in [1.29, 1.82) is 5.26 Å². The molecule has 0 aliphatic heterocycles. The van der Waals surface area contributed by atoms with Crippen LogP contribution in [-0.4, -0.2) is 36.4 Å². The molecule has 1 rings (SSSR count). The highest BCUT2D eigenvalue weighted by molar-refractivity contribution is 7.89. The van der Waals surface area contributed by atoms with E-state index in [1.807, 2.05) is 6.07 Å². The molecule has 0 aliphatic carbocycles. The Balaban J connectivity index is 3.37. The van der Waals surface area contributed by atoms with Crippen LogP contribution in [0.2, 0.25) is 0 Å². The summed E-state index contributed by atoms with van der Waals surface area (Å²) in [6, 6.07) is 3.92. The molecule has 0 aromatic heterocycles. The van der Waals surface area contributed by atoms with Crippen LogP contribution in [0.3, 0.4) is 0 Å². The van der Waals surface area contributed by atoms with Crippen LogP contribution < -0.4 is 0 Å². The second-order valence-corrected chi connectivity index (χ2v) is 6.43. The molecule has 0 spiro atoms. The van der Waals surface area contributed by atoms with E-state index in [1.165, 1.54) is 0 Å². The van der Waals surface area contributed by atoms with Crippen LogP contribution in [-0.2, 0) is 10.0 Å². The van der Waals surface area contributed by atoms with Crippen LogP contribution in [0.15, 0.2) is 23.1 Å². The van der Waals surface area contributed by atoms with Gasteiger partial charge in [-0.1, -0.05) is 0 Å². The van der Waals surface area contributed by atoms with Gasteiger partial charge in [-0.2, -0.15) is 9.57 Å². The molecule has 0 fully saturated rings. The molecule has 0 unspecified atom stereocenters. The van der Waals surface area contributed by atoms with Crippen LogP contribution >= 0.6 is 0 Å². The van der Waals surface area contributed by atoms with Gasteiger partial charge in [0.05, 0.1) is 11.6 Å². The number of hydrogen-bond donors (Lipinski definition) is 1. The standard InChI is InChI=1S/C13H15FN2O4S/c1-9(2)16(7-3-6-15)21(19,20)12-8-10(13(17)18)4-5-11(12)14/h4-5,8-9H,3,7H2,1-2H3,(H,17,18). The van der Waals surface area contributed by atoms with Gasteiger partial charge in [-0.05, 0) is 32.0 Å². The Bertz CT molecular complexity index is 680. The minimum Gasteiger partial charge on any atom is -0.478 e. The summed E-state index contributed by atoms with van der Waals surface area (Å²) >= 11 is 0. The number of hydrogen-bond acceptors (Lipinski definition) is 4. The summed E-state index contributed by atoms with van der Waals surface area (Å²) in [6.45, 7) is 3.09. The topological polar surface area (TPSA) is 98.5 Å². The van der Waals surface area contributed by atoms with Gasteiger partial charge in [0.25, 0.3) is 0 Å². The van der Waals surface area contributed by atoms with E-state index in [4.69, 9.17) is 10.4 Å². The second-order valence-electron chi connectivity index (χ2n) is 4.57. The molecule has 1 aromatic rings. The number of rotatable bonds is 6. The third-order valence-electron chi connectivity index (χ3n) is 2.78. The first-order valence-corrected chi connectivity index (χ1v) is 7.57. The Kier molecular flexibility index (Phi) is 5.41. The molecule has 1 N–H and O–H groups in total. The van der Waals surface area contributed by atoms with E-state index in [-0.39, 0.29) is 18.5 Å². The molecule has 114 valence electrons. The maximum Gasteiger partial charge on any atom is 0.335 e. The predicted molar refractivity (Wildman–Crippen MR) is 72.6 cm³/mol. The molecule has 6 nitrogen and oxygen atoms in total. The van der Waals surface area contributed by atoms with Crippen molar-refractivity contribution in [2.45, 2.75) is 31.2 Å². The molecule has 0 saturated heterocycles. The lowest BCUT2D eigenvalue weighted by molar-refractivity contribution is 0.0696. The average molecular weight is 314 g/mol. The number of carboxylic acids is 1. The second kappa shape index (κ2) is 6.65. The summed E-state index contributed by atoms with van der Waals surface area (Å²) in [4.78, 5) is 10.2. The van der Waals surface area contributed by atoms with E-state index in [9.17, 15) is 17.6 Å². The lowest BCUT2D eigenvalue weighted by Gasteiger charge is -2.25. The molecule has 0 amide bonds. The van der Waals surface area contributed by atoms with E-state index >= 15 is 0 Å². The summed E-state index contributed by atoms with van der Waals surface area (Å²) in [5.41, 5.74) is -0.320. The van der Waals surface area contributed by atoms with Gasteiger partial charge in [-0.3, -0.25) is 0 Å². The van der Waals surface area contributed by atoms with Gasteiger partial charge in [-0.25, -0.2) is 17.6 Å². The Morgan fingerprint density at radius 2 is 2.10 bits per heavy atom. The minimum atomic E-state index is -4.22. The van der Waals surface area contributed by atoms with Crippen molar-refractivity contribution < 1.29 is 22.7 Å². The number of carboxylic acid groups (broad SMARTS) is 1. The zero-order valence-electron chi connectivity index (χ0n) is 11.6. The van der Waals surface area contributed by atoms with Gasteiger partial charge in [0, 0.05) is 19.0 Å². The molecule has 8 heteroatoms. The molecule has 0 saturated carbocycles. The first kappa shape index (κ1) is 17.1. The highest BCUT2D eigenvalue weighted by Gasteiger charge is 2.30. The molecule has 0 aliphatic rings. The van der Waals surface area contributed by atoms with Gasteiger partial charge in [-0.15, -0.1) is 0 Å². The van der Waals surface area contributed by atoms with Crippen LogP contribution in [0.4, 0.5) is 4.39 Å². The molecule has 0 heterocycles. The third kappa shape index (κ3) is 3.77. The number of nitrogens with zero attached hydrogens (tertiary/aromatic N) is 2. The largest absolute Gasteiger partial charge is 0.478 e. The molecular weight excluding hydrogens is 299 g/mol. The Morgan fingerprint density at radius 1 is 1.48 bits per heavy atom. The van der Waals surface area contributed by atoms with Gasteiger partial charge in [0.1, 0.15) is 10.7 Å². The van der Waals surface area contributed by atoms with Crippen LogP contribution in [0, 0.1) is 17.1 Å². The zero-order chi connectivity index (χ0) is 16.2. The lowest BCUT2D eigenvalue weighted by Crippen LogP contribution is -2.38. The quantitative estimate of drug-likeness (QED) is 0.863. The van der Waals surface area contributed by atoms with E-state index < -0.39 is 32.7 Å². The predicted octanol–water partition coefficient (Wildman–Crippen LogP) is 1.84. The number of sulfonamides is 1.